The number of ether oxygens (including phenoxy) is 2. The zero-order valence-corrected chi connectivity index (χ0v) is 34.0. The normalized spacial score (nSPS) is 12.1. The molecule has 0 atom stereocenters. The molecule has 4 heteroatoms. The van der Waals surface area contributed by atoms with Crippen molar-refractivity contribution in [3.05, 3.63) is 101 Å². The van der Waals surface area contributed by atoms with Gasteiger partial charge in [-0.1, -0.05) is 119 Å². The van der Waals surface area contributed by atoms with Gasteiger partial charge in [-0.2, -0.15) is 0 Å². The summed E-state index contributed by atoms with van der Waals surface area (Å²) in [5.41, 5.74) is 5.74. The van der Waals surface area contributed by atoms with Crippen LogP contribution in [0.5, 0.6) is 0 Å². The maximum Gasteiger partial charge on any atom is 0.173 e. The van der Waals surface area contributed by atoms with Gasteiger partial charge in [0.2, 0.25) is 0 Å². The third-order valence-electron chi connectivity index (χ3n) is 9.54. The Kier molecular flexibility index (Phi) is 20.3. The highest BCUT2D eigenvalue weighted by Gasteiger charge is 2.46. The lowest BCUT2D eigenvalue weighted by molar-refractivity contribution is -0.148. The first kappa shape index (κ1) is 40.9. The van der Waals surface area contributed by atoms with Crippen LogP contribution in [0.25, 0.3) is 0 Å². The molecule has 0 aliphatic carbocycles. The Balaban J connectivity index is 1.47. The first-order valence-electron chi connectivity index (χ1n) is 19.1. The van der Waals surface area contributed by atoms with Crippen molar-refractivity contribution in [1.29, 1.82) is 0 Å². The van der Waals surface area contributed by atoms with Crippen LogP contribution < -0.4 is 15.9 Å². The Labute approximate surface area is 308 Å². The van der Waals surface area contributed by atoms with Crippen molar-refractivity contribution in [3.63, 3.8) is 0 Å². The Morgan fingerprint density at radius 2 is 1.10 bits per heavy atom. The van der Waals surface area contributed by atoms with Gasteiger partial charge in [-0.05, 0) is 119 Å². The molecule has 3 aromatic carbocycles. The second kappa shape index (κ2) is 23.8. The minimum Gasteiger partial charge on any atom is -0.353 e. The summed E-state index contributed by atoms with van der Waals surface area (Å²) in [6.07, 6.45) is 24.1. The van der Waals surface area contributed by atoms with Crippen LogP contribution in [-0.2, 0) is 15.9 Å². The predicted molar refractivity (Wildman–Crippen MR) is 223 cm³/mol. The first-order valence-corrected chi connectivity index (χ1v) is 23.7. The number of rotatable bonds is 25. The molecule has 0 aromatic heterocycles. The van der Waals surface area contributed by atoms with Gasteiger partial charge in [0.05, 0.1) is 0 Å². The quantitative estimate of drug-likeness (QED) is 0.0280. The monoisotopic (exact) mass is 783 g/mol. The average Bonchev–Trinajstić information content (AvgIpc) is 3.09. The van der Waals surface area contributed by atoms with Crippen molar-refractivity contribution < 1.29 is 9.47 Å². The lowest BCUT2D eigenvalue weighted by Gasteiger charge is -2.25. The first-order chi connectivity index (χ1) is 23.4. The van der Waals surface area contributed by atoms with Crippen LogP contribution >= 0.6 is 26.9 Å². The highest BCUT2D eigenvalue weighted by Crippen LogP contribution is 2.65. The van der Waals surface area contributed by atoms with Gasteiger partial charge in [-0.15, -0.1) is 0 Å². The summed E-state index contributed by atoms with van der Waals surface area (Å²) < 4.78 is 12.3. The number of allylic oxidation sites excluding steroid dienone is 2. The lowest BCUT2D eigenvalue weighted by atomic mass is 10.0. The SMILES string of the molecule is CCCCCCOC(CCCCC/C=C/CCCc1cccc([P+](I)(c2ccccc2C)c2ccccc2C)c1C)OCCCCCC. The van der Waals surface area contributed by atoms with E-state index in [1.54, 1.807) is 0 Å². The number of hydrogen-bond donors (Lipinski definition) is 0. The molecule has 3 rings (SSSR count). The van der Waals surface area contributed by atoms with Gasteiger partial charge in [-0.25, -0.2) is 0 Å². The highest BCUT2D eigenvalue weighted by molar-refractivity contribution is 14.2. The molecular weight excluding hydrogens is 718 g/mol. The van der Waals surface area contributed by atoms with Crippen LogP contribution in [0.4, 0.5) is 0 Å². The molecule has 0 spiro atoms. The van der Waals surface area contributed by atoms with Crippen molar-refractivity contribution in [2.75, 3.05) is 13.2 Å². The smallest absolute Gasteiger partial charge is 0.173 e. The Morgan fingerprint density at radius 3 is 1.67 bits per heavy atom. The molecule has 264 valence electrons. The van der Waals surface area contributed by atoms with E-state index in [0.29, 0.717) is 0 Å². The summed E-state index contributed by atoms with van der Waals surface area (Å²) in [6.45, 7) is 13.1. The van der Waals surface area contributed by atoms with Gasteiger partial charge in [0.25, 0.3) is 0 Å². The fraction of sp³-hybridized carbons (Fsp3) is 0.545. The van der Waals surface area contributed by atoms with Gasteiger partial charge in [-0.3, -0.25) is 0 Å². The largest absolute Gasteiger partial charge is 0.353 e. The average molecular weight is 784 g/mol. The molecule has 0 unspecified atom stereocenters. The number of halogens is 1. The van der Waals surface area contributed by atoms with Crippen LogP contribution in [0.3, 0.4) is 0 Å². The van der Waals surface area contributed by atoms with Crippen molar-refractivity contribution in [3.8, 4) is 0 Å². The molecule has 0 N–H and O–H groups in total. The van der Waals surface area contributed by atoms with Gasteiger partial charge >= 0.3 is 0 Å². The second-order valence-electron chi connectivity index (χ2n) is 13.5. The number of hydrogen-bond acceptors (Lipinski definition) is 2. The van der Waals surface area contributed by atoms with Crippen molar-refractivity contribution >= 4 is 42.9 Å². The molecule has 0 fully saturated rings. The van der Waals surface area contributed by atoms with Crippen LogP contribution in [0.1, 0.15) is 132 Å². The molecule has 0 aliphatic heterocycles. The van der Waals surface area contributed by atoms with Crippen molar-refractivity contribution in [2.45, 2.75) is 144 Å². The fourth-order valence-corrected chi connectivity index (χ4v) is 14.8. The third kappa shape index (κ3) is 13.3. The van der Waals surface area contributed by atoms with E-state index in [9.17, 15) is 0 Å². The number of aryl methyl sites for hydroxylation is 3. The maximum atomic E-state index is 6.16. The molecule has 0 saturated heterocycles. The Hall–Kier alpha value is -1.52. The van der Waals surface area contributed by atoms with E-state index < -0.39 is 4.90 Å². The minimum absolute atomic E-state index is 0.0151. The number of unbranched alkanes of at least 4 members (excludes halogenated alkanes) is 10. The zero-order chi connectivity index (χ0) is 34.5. The van der Waals surface area contributed by atoms with Gasteiger partial charge < -0.3 is 9.47 Å². The van der Waals surface area contributed by atoms with Gasteiger partial charge in [0.1, 0.15) is 15.9 Å². The summed E-state index contributed by atoms with van der Waals surface area (Å²) in [5, 5.41) is 4.50. The van der Waals surface area contributed by atoms with Crippen LogP contribution in [0.15, 0.2) is 78.9 Å². The highest BCUT2D eigenvalue weighted by atomic mass is 127. The Morgan fingerprint density at radius 1 is 0.583 bits per heavy atom. The topological polar surface area (TPSA) is 18.5 Å². The van der Waals surface area contributed by atoms with Crippen LogP contribution in [-0.4, -0.2) is 19.5 Å². The molecule has 2 nitrogen and oxygen atoms in total. The molecule has 0 heterocycles. The summed E-state index contributed by atoms with van der Waals surface area (Å²) in [6, 6.07) is 25.1. The van der Waals surface area contributed by atoms with E-state index in [1.165, 1.54) is 109 Å². The van der Waals surface area contributed by atoms with E-state index in [-0.39, 0.29) is 6.29 Å². The minimum atomic E-state index is -1.82. The number of benzene rings is 3. The van der Waals surface area contributed by atoms with Gasteiger partial charge in [0, 0.05) is 13.2 Å². The standard InChI is InChI=1S/C44H65IO2P/c1-6-8-10-24-35-46-44(47-36-25-11-9-7-2)34-19-17-15-13-12-14-16-18-29-40-30-26-33-43(39(40)5)48(45,41-31-22-20-27-37(41)3)42-32-23-21-28-38(42)4/h12,14,20-23,26-28,30-33,44H,6-11,13,15-19,24-25,29,34-36H2,1-5H3/q+1/b14-12+. The van der Waals surface area contributed by atoms with E-state index in [2.05, 4.69) is 136 Å². The van der Waals surface area contributed by atoms with Crippen LogP contribution in [0.2, 0.25) is 0 Å². The second-order valence-corrected chi connectivity index (χ2v) is 20.5. The van der Waals surface area contributed by atoms with E-state index in [1.807, 2.05) is 0 Å². The van der Waals surface area contributed by atoms with Crippen LogP contribution in [0, 0.1) is 20.8 Å². The zero-order valence-electron chi connectivity index (χ0n) is 31.0. The predicted octanol–water partition coefficient (Wildman–Crippen LogP) is 12.6. The molecule has 0 radical (unpaired) electrons. The maximum absolute atomic E-state index is 6.16. The van der Waals surface area contributed by atoms with E-state index in [0.717, 1.165) is 45.3 Å². The fourth-order valence-electron chi connectivity index (χ4n) is 6.58. The molecule has 3 aromatic rings. The van der Waals surface area contributed by atoms with E-state index >= 15 is 0 Å². The summed E-state index contributed by atoms with van der Waals surface area (Å²) in [5.74, 6) is 0. The molecular formula is C44H65IO2P+. The molecule has 0 aliphatic rings. The Bertz CT molecular complexity index is 1280. The van der Waals surface area contributed by atoms with Gasteiger partial charge in [0.15, 0.2) is 33.2 Å². The lowest BCUT2D eigenvalue weighted by Crippen LogP contribution is -2.31. The molecule has 0 bridgehead atoms. The molecule has 0 saturated carbocycles. The molecule has 0 amide bonds. The summed E-state index contributed by atoms with van der Waals surface area (Å²) in [4.78, 5) is -1.82. The summed E-state index contributed by atoms with van der Waals surface area (Å²) >= 11 is 2.84. The van der Waals surface area contributed by atoms with Crippen molar-refractivity contribution in [2.24, 2.45) is 0 Å². The van der Waals surface area contributed by atoms with Crippen molar-refractivity contribution in [1.82, 2.24) is 0 Å². The molecule has 48 heavy (non-hydrogen) atoms. The summed E-state index contributed by atoms with van der Waals surface area (Å²) in [7, 11) is 0. The van der Waals surface area contributed by atoms with E-state index in [4.69, 9.17) is 9.47 Å². The third-order valence-corrected chi connectivity index (χ3v) is 17.7.